The van der Waals surface area contributed by atoms with Crippen LogP contribution in [0.5, 0.6) is 0 Å². The first-order valence-corrected chi connectivity index (χ1v) is 6.77. The topological polar surface area (TPSA) is 44.9 Å². The number of hydrogen-bond acceptors (Lipinski definition) is 1. The number of carbonyl (C=O) groups is 1. The maximum atomic E-state index is 13.0. The van der Waals surface area contributed by atoms with Crippen LogP contribution >= 0.6 is 15.9 Å². The van der Waals surface area contributed by atoms with E-state index in [0.29, 0.717) is 15.7 Å². The Morgan fingerprint density at radius 1 is 1.20 bits per heavy atom. The summed E-state index contributed by atoms with van der Waals surface area (Å²) >= 11 is 3.23. The van der Waals surface area contributed by atoms with E-state index < -0.39 is 0 Å². The highest BCUT2D eigenvalue weighted by Crippen LogP contribution is 2.25. The van der Waals surface area contributed by atoms with Crippen LogP contribution in [0.3, 0.4) is 0 Å². The van der Waals surface area contributed by atoms with Gasteiger partial charge in [-0.3, -0.25) is 4.79 Å². The van der Waals surface area contributed by atoms with Crippen LogP contribution in [0.15, 0.2) is 53.1 Å². The second-order valence-corrected chi connectivity index (χ2v) is 5.18. The number of rotatable bonds is 2. The lowest BCUT2D eigenvalue weighted by atomic mass is 10.1. The molecule has 3 aromatic rings. The Morgan fingerprint density at radius 3 is 2.85 bits per heavy atom. The summed E-state index contributed by atoms with van der Waals surface area (Å²) in [6.07, 6.45) is 1.79. The molecule has 0 aliphatic carbocycles. The minimum atomic E-state index is -0.360. The van der Waals surface area contributed by atoms with Gasteiger partial charge in [0.25, 0.3) is 5.91 Å². The van der Waals surface area contributed by atoms with Crippen LogP contribution in [-0.2, 0) is 0 Å². The van der Waals surface area contributed by atoms with Crippen LogP contribution < -0.4 is 5.32 Å². The molecule has 0 unspecified atom stereocenters. The normalized spacial score (nSPS) is 10.7. The fraction of sp³-hybridized carbons (Fsp3) is 0. The number of aromatic nitrogens is 1. The number of halogens is 2. The third-order valence-corrected chi connectivity index (χ3v) is 3.67. The van der Waals surface area contributed by atoms with Crippen molar-refractivity contribution in [1.82, 2.24) is 4.98 Å². The third-order valence-electron chi connectivity index (χ3n) is 3.01. The van der Waals surface area contributed by atoms with Gasteiger partial charge in [0, 0.05) is 16.1 Å². The van der Waals surface area contributed by atoms with Gasteiger partial charge in [-0.2, -0.15) is 0 Å². The van der Waals surface area contributed by atoms with Gasteiger partial charge in [-0.15, -0.1) is 0 Å². The molecule has 0 spiro atoms. The smallest absolute Gasteiger partial charge is 0.257 e. The quantitative estimate of drug-likeness (QED) is 0.721. The fourth-order valence-electron chi connectivity index (χ4n) is 2.05. The van der Waals surface area contributed by atoms with Crippen LogP contribution in [0.4, 0.5) is 10.1 Å². The molecule has 2 aromatic carbocycles. The van der Waals surface area contributed by atoms with Crippen LogP contribution in [-0.4, -0.2) is 10.9 Å². The standard InChI is InChI=1S/C15H10BrFN2O/c16-12-8-10(17)4-5-13(12)19-15(20)11-3-1-2-9-6-7-18-14(9)11/h1-8,18H,(H,19,20). The summed E-state index contributed by atoms with van der Waals surface area (Å²) in [5.74, 6) is -0.605. The maximum absolute atomic E-state index is 13.0. The number of para-hydroxylation sites is 1. The molecule has 2 N–H and O–H groups in total. The van der Waals surface area contributed by atoms with E-state index in [4.69, 9.17) is 0 Å². The molecule has 1 aromatic heterocycles. The van der Waals surface area contributed by atoms with Gasteiger partial charge in [-0.25, -0.2) is 4.39 Å². The lowest BCUT2D eigenvalue weighted by Gasteiger charge is -2.08. The van der Waals surface area contributed by atoms with Crippen LogP contribution in [0.25, 0.3) is 10.9 Å². The molecule has 5 heteroatoms. The van der Waals surface area contributed by atoms with Crippen LogP contribution in [0.1, 0.15) is 10.4 Å². The Hall–Kier alpha value is -2.14. The number of H-pyrrole nitrogens is 1. The molecule has 0 aliphatic heterocycles. The van der Waals surface area contributed by atoms with Crippen molar-refractivity contribution in [2.45, 2.75) is 0 Å². The Balaban J connectivity index is 1.95. The molecule has 0 saturated carbocycles. The second kappa shape index (κ2) is 5.09. The second-order valence-electron chi connectivity index (χ2n) is 4.33. The van der Waals surface area contributed by atoms with Crippen molar-refractivity contribution in [3.05, 3.63) is 64.5 Å². The van der Waals surface area contributed by atoms with E-state index in [1.165, 1.54) is 18.2 Å². The minimum Gasteiger partial charge on any atom is -0.361 e. The molecule has 0 bridgehead atoms. The van der Waals surface area contributed by atoms with Crippen molar-refractivity contribution in [2.75, 3.05) is 5.32 Å². The van der Waals surface area contributed by atoms with Gasteiger partial charge in [-0.05, 0) is 46.3 Å². The highest BCUT2D eigenvalue weighted by molar-refractivity contribution is 9.10. The Morgan fingerprint density at radius 2 is 2.05 bits per heavy atom. The van der Waals surface area contributed by atoms with Crippen molar-refractivity contribution in [3.63, 3.8) is 0 Å². The van der Waals surface area contributed by atoms with Gasteiger partial charge in [-0.1, -0.05) is 12.1 Å². The third kappa shape index (κ3) is 2.32. The molecule has 3 rings (SSSR count). The molecule has 0 radical (unpaired) electrons. The van der Waals surface area contributed by atoms with Crippen molar-refractivity contribution >= 4 is 38.4 Å². The summed E-state index contributed by atoms with van der Waals surface area (Å²) < 4.78 is 13.5. The molecule has 0 atom stereocenters. The average molecular weight is 333 g/mol. The molecule has 3 nitrogen and oxygen atoms in total. The van der Waals surface area contributed by atoms with E-state index in [1.54, 1.807) is 12.3 Å². The van der Waals surface area contributed by atoms with Gasteiger partial charge in [0.1, 0.15) is 5.82 Å². The summed E-state index contributed by atoms with van der Waals surface area (Å²) in [5, 5.41) is 3.73. The Kier molecular flexibility index (Phi) is 3.28. The van der Waals surface area contributed by atoms with Crippen molar-refractivity contribution in [3.8, 4) is 0 Å². The van der Waals surface area contributed by atoms with Gasteiger partial charge in [0.05, 0.1) is 16.8 Å². The van der Waals surface area contributed by atoms with E-state index in [2.05, 4.69) is 26.2 Å². The van der Waals surface area contributed by atoms with Crippen LogP contribution in [0, 0.1) is 5.82 Å². The molecule has 1 amide bonds. The summed E-state index contributed by atoms with van der Waals surface area (Å²) in [7, 11) is 0. The Bertz CT molecular complexity index is 797. The van der Waals surface area contributed by atoms with Gasteiger partial charge in [0.2, 0.25) is 0 Å². The van der Waals surface area contributed by atoms with E-state index >= 15 is 0 Å². The van der Waals surface area contributed by atoms with Gasteiger partial charge < -0.3 is 10.3 Å². The molecular weight excluding hydrogens is 323 g/mol. The average Bonchev–Trinajstić information content (AvgIpc) is 2.90. The number of hydrogen-bond donors (Lipinski definition) is 2. The highest BCUT2D eigenvalue weighted by atomic mass is 79.9. The summed E-state index contributed by atoms with van der Waals surface area (Å²) in [4.78, 5) is 15.4. The largest absolute Gasteiger partial charge is 0.361 e. The first kappa shape index (κ1) is 12.9. The van der Waals surface area contributed by atoms with Gasteiger partial charge in [0.15, 0.2) is 0 Å². The zero-order valence-electron chi connectivity index (χ0n) is 10.3. The van der Waals surface area contributed by atoms with Gasteiger partial charge >= 0.3 is 0 Å². The Labute approximate surface area is 122 Å². The number of carbonyl (C=O) groups excluding carboxylic acids is 1. The molecule has 100 valence electrons. The number of aromatic amines is 1. The lowest BCUT2D eigenvalue weighted by molar-refractivity contribution is 0.102. The highest BCUT2D eigenvalue weighted by Gasteiger charge is 2.12. The number of nitrogens with one attached hydrogen (secondary N) is 2. The lowest BCUT2D eigenvalue weighted by Crippen LogP contribution is -2.12. The zero-order valence-corrected chi connectivity index (χ0v) is 11.9. The zero-order chi connectivity index (χ0) is 14.1. The summed E-state index contributed by atoms with van der Waals surface area (Å²) in [5.41, 5.74) is 1.85. The SMILES string of the molecule is O=C(Nc1ccc(F)cc1Br)c1cccc2cc[nH]c12. The first-order valence-electron chi connectivity index (χ1n) is 5.97. The molecule has 0 aliphatic rings. The predicted octanol–water partition coefficient (Wildman–Crippen LogP) is 4.32. The number of fused-ring (bicyclic) bond motifs is 1. The molecule has 0 fully saturated rings. The maximum Gasteiger partial charge on any atom is 0.257 e. The first-order chi connectivity index (χ1) is 9.65. The summed E-state index contributed by atoms with van der Waals surface area (Å²) in [6, 6.07) is 11.5. The van der Waals surface area contributed by atoms with E-state index in [-0.39, 0.29) is 11.7 Å². The number of benzene rings is 2. The van der Waals surface area contributed by atoms with Crippen molar-refractivity contribution in [1.29, 1.82) is 0 Å². The molecule has 0 saturated heterocycles. The molecule has 1 heterocycles. The fourth-order valence-corrected chi connectivity index (χ4v) is 2.50. The summed E-state index contributed by atoms with van der Waals surface area (Å²) in [6.45, 7) is 0. The van der Waals surface area contributed by atoms with Crippen molar-refractivity contribution in [2.24, 2.45) is 0 Å². The van der Waals surface area contributed by atoms with E-state index in [1.807, 2.05) is 18.2 Å². The van der Waals surface area contributed by atoms with E-state index in [0.717, 1.165) is 10.9 Å². The molecular formula is C15H10BrFN2O. The number of anilines is 1. The van der Waals surface area contributed by atoms with E-state index in [9.17, 15) is 9.18 Å². The molecule has 20 heavy (non-hydrogen) atoms. The monoisotopic (exact) mass is 332 g/mol. The van der Waals surface area contributed by atoms with Crippen LogP contribution in [0.2, 0.25) is 0 Å². The number of amides is 1. The predicted molar refractivity (Wildman–Crippen MR) is 80.4 cm³/mol. The van der Waals surface area contributed by atoms with Crippen molar-refractivity contribution < 1.29 is 9.18 Å². The minimum absolute atomic E-state index is 0.245.